The Morgan fingerprint density at radius 2 is 1.89 bits per heavy atom. The summed E-state index contributed by atoms with van der Waals surface area (Å²) in [6.45, 7) is 1.72. The van der Waals surface area contributed by atoms with E-state index < -0.39 is 11.6 Å². The van der Waals surface area contributed by atoms with Gasteiger partial charge < -0.3 is 9.51 Å². The molecule has 0 saturated carbocycles. The highest BCUT2D eigenvalue weighted by atomic mass is 19.1. The molecule has 4 aromatic heterocycles. The van der Waals surface area contributed by atoms with Gasteiger partial charge in [0.05, 0.1) is 17.9 Å². The van der Waals surface area contributed by atoms with Gasteiger partial charge in [-0.25, -0.2) is 13.8 Å². The first-order valence-electron chi connectivity index (χ1n) is 12.0. The predicted molar refractivity (Wildman–Crippen MR) is 132 cm³/mol. The van der Waals surface area contributed by atoms with E-state index in [9.17, 15) is 8.78 Å². The van der Waals surface area contributed by atoms with Gasteiger partial charge in [-0.2, -0.15) is 15.2 Å². The molecule has 12 heteroatoms. The normalized spacial score (nSPS) is 19.2. The van der Waals surface area contributed by atoms with Crippen LogP contribution in [0.15, 0.2) is 59.4 Å². The second kappa shape index (κ2) is 8.15. The first kappa shape index (κ1) is 22.5. The van der Waals surface area contributed by atoms with E-state index in [-0.39, 0.29) is 11.6 Å². The quantitative estimate of drug-likeness (QED) is 0.327. The van der Waals surface area contributed by atoms with Crippen LogP contribution in [0, 0.1) is 18.6 Å². The average molecular weight is 514 g/mol. The molecule has 5 heterocycles. The van der Waals surface area contributed by atoms with Crippen LogP contribution in [0.5, 0.6) is 0 Å². The molecule has 2 atom stereocenters. The molecule has 7 rings (SSSR count). The summed E-state index contributed by atoms with van der Waals surface area (Å²) in [5.41, 5.74) is 2.74. The van der Waals surface area contributed by atoms with E-state index in [0.29, 0.717) is 35.3 Å². The molecule has 0 unspecified atom stereocenters. The zero-order valence-corrected chi connectivity index (χ0v) is 20.3. The first-order chi connectivity index (χ1) is 18.4. The maximum atomic E-state index is 14.4. The van der Waals surface area contributed by atoms with Crippen LogP contribution >= 0.6 is 0 Å². The van der Waals surface area contributed by atoms with Crippen LogP contribution in [0.4, 0.5) is 8.78 Å². The van der Waals surface area contributed by atoms with Crippen molar-refractivity contribution in [2.45, 2.75) is 24.9 Å². The van der Waals surface area contributed by atoms with Crippen LogP contribution in [0.1, 0.15) is 40.4 Å². The zero-order chi connectivity index (χ0) is 26.0. The van der Waals surface area contributed by atoms with Crippen molar-refractivity contribution in [3.8, 4) is 11.4 Å². The van der Waals surface area contributed by atoms with Crippen molar-refractivity contribution in [1.82, 2.24) is 45.4 Å². The summed E-state index contributed by atoms with van der Waals surface area (Å²) >= 11 is 0. The Hall–Kier alpha value is -4.71. The Kier molecular flexibility index (Phi) is 4.82. The second-order valence-electron chi connectivity index (χ2n) is 9.41. The van der Waals surface area contributed by atoms with Gasteiger partial charge in [0, 0.05) is 42.2 Å². The number of halogens is 2. The van der Waals surface area contributed by atoms with Gasteiger partial charge in [0.25, 0.3) is 0 Å². The molecule has 0 saturated heterocycles. The lowest BCUT2D eigenvalue weighted by Gasteiger charge is -2.39. The summed E-state index contributed by atoms with van der Waals surface area (Å²) < 4.78 is 35.0. The maximum absolute atomic E-state index is 14.4. The maximum Gasteiger partial charge on any atom is 0.223 e. The van der Waals surface area contributed by atoms with Crippen LogP contribution in [0.3, 0.4) is 0 Å². The number of hydrogen-bond acceptors (Lipinski definition) is 7. The number of nitrogens with zero attached hydrogens (tertiary/aromatic N) is 6. The van der Waals surface area contributed by atoms with E-state index in [1.54, 1.807) is 36.0 Å². The number of benzene rings is 2. The minimum atomic E-state index is -1.12. The van der Waals surface area contributed by atoms with Crippen molar-refractivity contribution < 1.29 is 13.3 Å². The standard InChI is InChI=1S/C26H21F2N9O/c1-13-30-25(36-38-13)26(15-11-29-37(2)12-15)22-19(18-9-17(28)7-8-20(18)31-22)10-21(33-26)24-32-23(34-35-24)14-3-5-16(27)6-4-14/h3-9,11-12,21,31,33H,10H2,1-2H3,(H,32,34,35)/t21-,26+/m1/s1. The molecule has 0 fully saturated rings. The van der Waals surface area contributed by atoms with Gasteiger partial charge in [-0.3, -0.25) is 15.1 Å². The number of nitrogens with one attached hydrogen (secondary N) is 3. The number of aromatic amines is 2. The topological polar surface area (TPSA) is 126 Å². The number of aromatic nitrogens is 8. The minimum absolute atomic E-state index is 0.338. The molecule has 190 valence electrons. The highest BCUT2D eigenvalue weighted by molar-refractivity contribution is 5.86. The first-order valence-corrected chi connectivity index (χ1v) is 12.0. The monoisotopic (exact) mass is 513 g/mol. The van der Waals surface area contributed by atoms with Gasteiger partial charge in [-0.15, -0.1) is 0 Å². The van der Waals surface area contributed by atoms with Crippen molar-refractivity contribution in [3.63, 3.8) is 0 Å². The lowest BCUT2D eigenvalue weighted by atomic mass is 9.79. The molecule has 1 aliphatic heterocycles. The molecule has 0 spiro atoms. The van der Waals surface area contributed by atoms with E-state index in [0.717, 1.165) is 27.7 Å². The van der Waals surface area contributed by atoms with Crippen LogP contribution in [0.2, 0.25) is 0 Å². The van der Waals surface area contributed by atoms with Crippen molar-refractivity contribution >= 4 is 10.9 Å². The molecule has 2 aromatic carbocycles. The van der Waals surface area contributed by atoms with Gasteiger partial charge in [-0.1, -0.05) is 5.16 Å². The van der Waals surface area contributed by atoms with Gasteiger partial charge in [0.2, 0.25) is 11.7 Å². The fraction of sp³-hybridized carbons (Fsp3) is 0.192. The molecule has 3 N–H and O–H groups in total. The van der Waals surface area contributed by atoms with E-state index in [1.807, 2.05) is 13.2 Å². The van der Waals surface area contributed by atoms with Crippen molar-refractivity contribution in [2.24, 2.45) is 7.05 Å². The van der Waals surface area contributed by atoms with Crippen molar-refractivity contribution in [2.75, 3.05) is 0 Å². The van der Waals surface area contributed by atoms with Gasteiger partial charge in [0.1, 0.15) is 17.5 Å². The van der Waals surface area contributed by atoms with E-state index in [2.05, 4.69) is 35.7 Å². The van der Waals surface area contributed by atoms with Gasteiger partial charge in [0.15, 0.2) is 11.4 Å². The fourth-order valence-electron chi connectivity index (χ4n) is 5.26. The molecule has 6 aromatic rings. The second-order valence-corrected chi connectivity index (χ2v) is 9.41. The average Bonchev–Trinajstić information content (AvgIpc) is 3.71. The number of rotatable bonds is 4. The highest BCUT2D eigenvalue weighted by Gasteiger charge is 2.50. The number of fused-ring (bicyclic) bond motifs is 3. The molecule has 0 bridgehead atoms. The fourth-order valence-corrected chi connectivity index (χ4v) is 5.26. The molecule has 1 aliphatic rings. The largest absolute Gasteiger partial charge is 0.356 e. The summed E-state index contributed by atoms with van der Waals surface area (Å²) in [5, 5.41) is 20.6. The Morgan fingerprint density at radius 3 is 2.63 bits per heavy atom. The third-order valence-electron chi connectivity index (χ3n) is 6.98. The minimum Gasteiger partial charge on any atom is -0.356 e. The van der Waals surface area contributed by atoms with E-state index in [1.165, 1.54) is 24.3 Å². The Bertz CT molecular complexity index is 1760. The summed E-state index contributed by atoms with van der Waals surface area (Å²) in [6, 6.07) is 10.2. The lowest BCUT2D eigenvalue weighted by molar-refractivity contribution is 0.317. The molecular formula is C26H21F2N9O. The third-order valence-corrected chi connectivity index (χ3v) is 6.98. The SMILES string of the molecule is Cc1nc([C@@]2(c3cnn(C)c3)N[C@@H](c3nc(-c4ccc(F)cc4)n[nH]3)Cc3c2[nH]c2ccc(F)cc32)no1. The molecule has 10 nitrogen and oxygen atoms in total. The van der Waals surface area contributed by atoms with Crippen LogP contribution < -0.4 is 5.32 Å². The summed E-state index contributed by atoms with van der Waals surface area (Å²) in [4.78, 5) is 12.8. The number of hydrogen-bond donors (Lipinski definition) is 3. The molecular weight excluding hydrogens is 492 g/mol. The van der Waals surface area contributed by atoms with Gasteiger partial charge >= 0.3 is 0 Å². The third kappa shape index (κ3) is 3.37. The molecule has 0 amide bonds. The van der Waals surface area contributed by atoms with Crippen LogP contribution in [-0.4, -0.2) is 40.1 Å². The Morgan fingerprint density at radius 1 is 1.08 bits per heavy atom. The zero-order valence-electron chi connectivity index (χ0n) is 20.3. The molecule has 0 aliphatic carbocycles. The lowest BCUT2D eigenvalue weighted by Crippen LogP contribution is -2.51. The van der Waals surface area contributed by atoms with E-state index in [4.69, 9.17) is 9.51 Å². The summed E-state index contributed by atoms with van der Waals surface area (Å²) in [6.07, 6.45) is 4.08. The number of H-pyrrole nitrogens is 2. The van der Waals surface area contributed by atoms with Crippen molar-refractivity contribution in [1.29, 1.82) is 0 Å². The van der Waals surface area contributed by atoms with Crippen LogP contribution in [0.25, 0.3) is 22.3 Å². The van der Waals surface area contributed by atoms with Gasteiger partial charge in [-0.05, 0) is 54.4 Å². The molecule has 38 heavy (non-hydrogen) atoms. The van der Waals surface area contributed by atoms with Crippen molar-refractivity contribution in [3.05, 3.63) is 101 Å². The summed E-state index contributed by atoms with van der Waals surface area (Å²) in [7, 11) is 1.83. The number of aryl methyl sites for hydroxylation is 2. The summed E-state index contributed by atoms with van der Waals surface area (Å²) in [5.74, 6) is 1.08. The highest BCUT2D eigenvalue weighted by Crippen LogP contribution is 2.45. The Labute approximate surface area is 214 Å². The van der Waals surface area contributed by atoms with E-state index >= 15 is 0 Å². The molecule has 0 radical (unpaired) electrons. The smallest absolute Gasteiger partial charge is 0.223 e. The van der Waals surface area contributed by atoms with Crippen LogP contribution in [-0.2, 0) is 19.0 Å². The predicted octanol–water partition coefficient (Wildman–Crippen LogP) is 3.84. The Balaban J connectivity index is 1.45.